The second-order valence-corrected chi connectivity index (χ2v) is 9.23. The van der Waals surface area contributed by atoms with E-state index in [1.165, 1.54) is 4.31 Å². The highest BCUT2D eigenvalue weighted by atomic mass is 35.5. The maximum absolute atomic E-state index is 13.1. The number of imidazole rings is 1. The molecule has 0 aliphatic carbocycles. The van der Waals surface area contributed by atoms with Crippen LogP contribution in [-0.4, -0.2) is 41.9 Å². The number of hydrogen-bond acceptors (Lipinski definition) is 6. The molecule has 2 heterocycles. The van der Waals surface area contributed by atoms with Crippen LogP contribution >= 0.6 is 12.4 Å². The molecule has 2 aromatic carbocycles. The van der Waals surface area contributed by atoms with Gasteiger partial charge in [0.2, 0.25) is 0 Å². The van der Waals surface area contributed by atoms with Crippen molar-refractivity contribution in [2.75, 3.05) is 18.1 Å². The molecule has 10 heteroatoms. The second-order valence-electron chi connectivity index (χ2n) is 7.67. The Labute approximate surface area is 200 Å². The van der Waals surface area contributed by atoms with Gasteiger partial charge in [-0.3, -0.25) is 4.18 Å². The van der Waals surface area contributed by atoms with Gasteiger partial charge in [-0.15, -0.1) is 12.4 Å². The molecule has 1 N–H and O–H groups in total. The normalized spacial score (nSPS) is 16.4. The van der Waals surface area contributed by atoms with Gasteiger partial charge in [0.15, 0.2) is 0 Å². The quantitative estimate of drug-likeness (QED) is 0.547. The van der Waals surface area contributed by atoms with Gasteiger partial charge < -0.3 is 9.88 Å². The van der Waals surface area contributed by atoms with Crippen LogP contribution < -0.4 is 4.90 Å². The Morgan fingerprint density at radius 2 is 2.03 bits per heavy atom. The van der Waals surface area contributed by atoms with Gasteiger partial charge in [0.25, 0.3) is 0 Å². The van der Waals surface area contributed by atoms with Crippen LogP contribution in [0.15, 0.2) is 61.1 Å². The Bertz CT molecular complexity index is 1200. The molecule has 174 valence electrons. The first-order valence-corrected chi connectivity index (χ1v) is 11.8. The van der Waals surface area contributed by atoms with Crippen LogP contribution in [0.4, 0.5) is 5.69 Å². The molecule has 0 fully saturated rings. The zero-order valence-corrected chi connectivity index (χ0v) is 19.8. The molecule has 0 saturated heterocycles. The van der Waals surface area contributed by atoms with E-state index in [4.69, 9.17) is 4.18 Å². The Balaban J connectivity index is 0.00000306. The second kappa shape index (κ2) is 10.8. The topological polar surface area (TPSA) is 102 Å². The van der Waals surface area contributed by atoms with E-state index in [1.54, 1.807) is 31.6 Å². The van der Waals surface area contributed by atoms with Gasteiger partial charge in [0.1, 0.15) is 0 Å². The number of hydrogen-bond donors (Lipinski definition) is 1. The summed E-state index contributed by atoms with van der Waals surface area (Å²) in [6.07, 6.45) is 3.92. The van der Waals surface area contributed by atoms with Gasteiger partial charge >= 0.3 is 10.3 Å². The molecule has 1 aliphatic rings. The van der Waals surface area contributed by atoms with Crippen LogP contribution in [-0.2, 0) is 34.0 Å². The van der Waals surface area contributed by atoms with Crippen LogP contribution in [0.3, 0.4) is 0 Å². The van der Waals surface area contributed by atoms with Crippen LogP contribution in [0.25, 0.3) is 0 Å². The summed E-state index contributed by atoms with van der Waals surface area (Å²) < 4.78 is 32.9. The summed E-state index contributed by atoms with van der Waals surface area (Å²) in [5.41, 5.74) is 4.10. The molecule has 0 unspecified atom stereocenters. The van der Waals surface area contributed by atoms with E-state index >= 15 is 0 Å². The molecule has 1 aliphatic heterocycles. The van der Waals surface area contributed by atoms with E-state index in [2.05, 4.69) is 20.9 Å². The number of benzene rings is 2. The zero-order chi connectivity index (χ0) is 22.6. The van der Waals surface area contributed by atoms with Crippen molar-refractivity contribution >= 4 is 28.4 Å². The number of halogens is 1. The third-order valence-corrected chi connectivity index (χ3v) is 7.03. The molecule has 0 bridgehead atoms. The Kier molecular flexibility index (Phi) is 8.10. The molecule has 1 aromatic heterocycles. The molecule has 0 saturated carbocycles. The molecule has 0 radical (unpaired) electrons. The van der Waals surface area contributed by atoms with E-state index in [1.807, 2.05) is 36.4 Å². The Morgan fingerprint density at radius 1 is 1.24 bits per heavy atom. The van der Waals surface area contributed by atoms with Crippen LogP contribution in [0, 0.1) is 11.3 Å². The molecule has 0 spiro atoms. The molecular formula is C23H26ClN5O3S. The van der Waals surface area contributed by atoms with Crippen molar-refractivity contribution in [2.45, 2.75) is 32.5 Å². The average molecular weight is 488 g/mol. The van der Waals surface area contributed by atoms with Gasteiger partial charge in [0.05, 0.1) is 36.8 Å². The summed E-state index contributed by atoms with van der Waals surface area (Å²) in [6, 6.07) is 17.0. The number of anilines is 1. The van der Waals surface area contributed by atoms with E-state index in [-0.39, 0.29) is 31.6 Å². The molecule has 4 rings (SSSR count). The van der Waals surface area contributed by atoms with Crippen molar-refractivity contribution in [2.24, 2.45) is 0 Å². The number of aromatic amines is 1. The van der Waals surface area contributed by atoms with Crippen molar-refractivity contribution in [3.63, 3.8) is 0 Å². The smallest absolute Gasteiger partial charge is 0.339 e. The predicted molar refractivity (Wildman–Crippen MR) is 128 cm³/mol. The Morgan fingerprint density at radius 3 is 2.70 bits per heavy atom. The van der Waals surface area contributed by atoms with Crippen molar-refractivity contribution in [3.05, 3.63) is 83.4 Å². The molecule has 33 heavy (non-hydrogen) atoms. The predicted octanol–water partition coefficient (Wildman–Crippen LogP) is 3.42. The van der Waals surface area contributed by atoms with E-state index < -0.39 is 10.3 Å². The first-order valence-electron chi connectivity index (χ1n) is 10.5. The lowest BCUT2D eigenvalue weighted by Crippen LogP contribution is -2.46. The standard InChI is InChI=1S/C23H25N5O3S.ClH/c1-2-31-32(29,30)28-14-20-10-19(12-24)8-9-23(20)27(15-21-13-25-17-26-21)16-22(28)11-18-6-4-3-5-7-18;/h3-10,13,17,22H,2,11,14-16H2,1H3,(H,25,26);1H/t22-;/m1./s1. The first-order chi connectivity index (χ1) is 15.5. The monoisotopic (exact) mass is 487 g/mol. The highest BCUT2D eigenvalue weighted by molar-refractivity contribution is 7.84. The summed E-state index contributed by atoms with van der Waals surface area (Å²) in [7, 11) is -3.97. The number of fused-ring (bicyclic) bond motifs is 1. The number of rotatable bonds is 7. The van der Waals surface area contributed by atoms with Gasteiger partial charge in [0, 0.05) is 31.0 Å². The highest BCUT2D eigenvalue weighted by Gasteiger charge is 2.36. The van der Waals surface area contributed by atoms with E-state index in [0.717, 1.165) is 22.5 Å². The van der Waals surface area contributed by atoms with Crippen molar-refractivity contribution in [1.29, 1.82) is 5.26 Å². The zero-order valence-electron chi connectivity index (χ0n) is 18.2. The van der Waals surface area contributed by atoms with Crippen LogP contribution in [0.1, 0.15) is 29.3 Å². The lowest BCUT2D eigenvalue weighted by Gasteiger charge is -2.31. The number of aromatic nitrogens is 2. The summed E-state index contributed by atoms with van der Waals surface area (Å²) in [5.74, 6) is 0. The van der Waals surface area contributed by atoms with Crippen molar-refractivity contribution in [3.8, 4) is 6.07 Å². The van der Waals surface area contributed by atoms with E-state index in [0.29, 0.717) is 25.1 Å². The number of nitriles is 1. The van der Waals surface area contributed by atoms with Crippen LogP contribution in [0.5, 0.6) is 0 Å². The van der Waals surface area contributed by atoms with Gasteiger partial charge in [-0.1, -0.05) is 30.3 Å². The number of H-pyrrole nitrogens is 1. The Hall–Kier alpha value is -2.90. The van der Waals surface area contributed by atoms with Gasteiger partial charge in [-0.05, 0) is 42.7 Å². The first kappa shape index (κ1) is 24.7. The molecule has 8 nitrogen and oxygen atoms in total. The minimum Gasteiger partial charge on any atom is -0.364 e. The summed E-state index contributed by atoms with van der Waals surface area (Å²) in [6.45, 7) is 2.84. The lowest BCUT2D eigenvalue weighted by atomic mass is 10.1. The average Bonchev–Trinajstić information content (AvgIpc) is 3.24. The minimum absolute atomic E-state index is 0. The number of nitrogens with zero attached hydrogens (tertiary/aromatic N) is 4. The van der Waals surface area contributed by atoms with Gasteiger partial charge in [-0.2, -0.15) is 18.0 Å². The third kappa shape index (κ3) is 5.72. The van der Waals surface area contributed by atoms with Crippen molar-refractivity contribution in [1.82, 2.24) is 14.3 Å². The SMILES string of the molecule is CCOS(=O)(=O)N1Cc2cc(C#N)ccc2N(Cc2cnc[nH]2)C[C@H]1Cc1ccccc1.Cl. The highest BCUT2D eigenvalue weighted by Crippen LogP contribution is 2.32. The largest absolute Gasteiger partial charge is 0.364 e. The third-order valence-electron chi connectivity index (χ3n) is 5.50. The number of nitrogens with one attached hydrogen (secondary N) is 1. The maximum atomic E-state index is 13.1. The summed E-state index contributed by atoms with van der Waals surface area (Å²) in [4.78, 5) is 9.37. The fraction of sp³-hybridized carbons (Fsp3) is 0.304. The minimum atomic E-state index is -3.97. The molecular weight excluding hydrogens is 462 g/mol. The fourth-order valence-corrected chi connectivity index (χ4v) is 5.33. The summed E-state index contributed by atoms with van der Waals surface area (Å²) in [5, 5.41) is 9.41. The molecule has 3 aromatic rings. The molecule has 1 atom stereocenters. The molecule has 0 amide bonds. The van der Waals surface area contributed by atoms with E-state index in [9.17, 15) is 13.7 Å². The summed E-state index contributed by atoms with van der Waals surface area (Å²) >= 11 is 0. The van der Waals surface area contributed by atoms with Crippen molar-refractivity contribution < 1.29 is 12.6 Å². The van der Waals surface area contributed by atoms with Gasteiger partial charge in [-0.25, -0.2) is 4.98 Å². The maximum Gasteiger partial charge on any atom is 0.339 e. The van der Waals surface area contributed by atoms with Crippen LogP contribution in [0.2, 0.25) is 0 Å². The lowest BCUT2D eigenvalue weighted by molar-refractivity contribution is 0.241. The fourth-order valence-electron chi connectivity index (χ4n) is 4.09.